The van der Waals surface area contributed by atoms with Gasteiger partial charge in [0.1, 0.15) is 11.4 Å². The van der Waals surface area contributed by atoms with Crippen LogP contribution in [0.2, 0.25) is 0 Å². The predicted molar refractivity (Wildman–Crippen MR) is 99.1 cm³/mol. The van der Waals surface area contributed by atoms with Gasteiger partial charge in [0.2, 0.25) is 0 Å². The lowest BCUT2D eigenvalue weighted by molar-refractivity contribution is 0.0826. The molecule has 2 saturated carbocycles. The molecule has 2 aliphatic rings. The van der Waals surface area contributed by atoms with Crippen molar-refractivity contribution in [2.24, 2.45) is 0 Å². The van der Waals surface area contributed by atoms with Gasteiger partial charge in [-0.05, 0) is 57.6 Å². The fourth-order valence-corrected chi connectivity index (χ4v) is 4.51. The predicted octanol–water partition coefficient (Wildman–Crippen LogP) is 2.19. The Labute approximate surface area is 158 Å². The first-order valence-corrected chi connectivity index (χ1v) is 9.34. The molecule has 0 spiro atoms. The molecule has 2 atom stereocenters. The number of aryl methyl sites for hydroxylation is 1. The van der Waals surface area contributed by atoms with E-state index in [2.05, 4.69) is 25.6 Å². The quantitative estimate of drug-likeness (QED) is 0.866. The van der Waals surface area contributed by atoms with Gasteiger partial charge in [-0.3, -0.25) is 19.6 Å². The molecule has 0 saturated heterocycles. The van der Waals surface area contributed by atoms with Crippen LogP contribution >= 0.6 is 0 Å². The largest absolute Gasteiger partial charge is 0.345 e. The van der Waals surface area contributed by atoms with Crippen LogP contribution in [0, 0.1) is 6.92 Å². The van der Waals surface area contributed by atoms with Crippen molar-refractivity contribution >= 4 is 11.8 Å². The number of nitrogens with zero attached hydrogens (tertiary/aromatic N) is 3. The Morgan fingerprint density at radius 1 is 0.963 bits per heavy atom. The van der Waals surface area contributed by atoms with Crippen LogP contribution in [0.4, 0.5) is 0 Å². The molecule has 7 heteroatoms. The van der Waals surface area contributed by atoms with Crippen LogP contribution in [0.1, 0.15) is 65.2 Å². The summed E-state index contributed by atoms with van der Waals surface area (Å²) in [4.78, 5) is 37.8. The first-order chi connectivity index (χ1) is 13.0. The number of amides is 2. The summed E-state index contributed by atoms with van der Waals surface area (Å²) in [5.74, 6) is -0.343. The van der Waals surface area contributed by atoms with Crippen molar-refractivity contribution in [1.82, 2.24) is 25.6 Å². The Kier molecular flexibility index (Phi) is 4.37. The molecule has 2 bridgehead atoms. The van der Waals surface area contributed by atoms with Gasteiger partial charge in [0, 0.05) is 23.5 Å². The summed E-state index contributed by atoms with van der Waals surface area (Å²) in [6.45, 7) is 1.82. The Balaban J connectivity index is 1.48. The molecule has 4 rings (SSSR count). The van der Waals surface area contributed by atoms with Gasteiger partial charge in [-0.2, -0.15) is 0 Å². The zero-order valence-corrected chi connectivity index (χ0v) is 15.4. The lowest BCUT2D eigenvalue weighted by Crippen LogP contribution is -2.55. The number of aromatic nitrogens is 3. The molecule has 27 heavy (non-hydrogen) atoms. The molecule has 2 aliphatic carbocycles. The second kappa shape index (κ2) is 6.72. The zero-order valence-electron chi connectivity index (χ0n) is 15.4. The summed E-state index contributed by atoms with van der Waals surface area (Å²) in [6, 6.07) is 5.32. The number of rotatable bonds is 4. The third kappa shape index (κ3) is 3.54. The van der Waals surface area contributed by atoms with E-state index in [1.54, 1.807) is 24.5 Å². The third-order valence-electron chi connectivity index (χ3n) is 5.71. The number of carbonyl (C=O) groups excluding carboxylic acids is 2. The van der Waals surface area contributed by atoms with Gasteiger partial charge in [0.25, 0.3) is 11.8 Å². The lowest BCUT2D eigenvalue weighted by atomic mass is 9.78. The molecular formula is C20H23N5O2. The first-order valence-electron chi connectivity index (χ1n) is 9.34. The normalized spacial score (nSPS) is 26.4. The Hall–Kier alpha value is -2.83. The Morgan fingerprint density at radius 2 is 1.67 bits per heavy atom. The van der Waals surface area contributed by atoms with Crippen LogP contribution in [0.25, 0.3) is 0 Å². The van der Waals surface area contributed by atoms with E-state index in [-0.39, 0.29) is 22.9 Å². The highest BCUT2D eigenvalue weighted by Crippen LogP contribution is 2.48. The van der Waals surface area contributed by atoms with Crippen LogP contribution < -0.4 is 10.6 Å². The molecule has 0 aromatic carbocycles. The van der Waals surface area contributed by atoms with Gasteiger partial charge in [-0.1, -0.05) is 6.07 Å². The number of fused-ring (bicyclic) bond motifs is 2. The van der Waals surface area contributed by atoms with Crippen molar-refractivity contribution in [3.05, 3.63) is 53.9 Å². The highest BCUT2D eigenvalue weighted by molar-refractivity contribution is 5.93. The molecule has 2 aromatic rings. The van der Waals surface area contributed by atoms with Crippen molar-refractivity contribution < 1.29 is 9.59 Å². The summed E-state index contributed by atoms with van der Waals surface area (Å²) < 4.78 is 0. The summed E-state index contributed by atoms with van der Waals surface area (Å²) in [5.41, 5.74) is 0.905. The van der Waals surface area contributed by atoms with Gasteiger partial charge in [0.05, 0.1) is 11.9 Å². The Bertz CT molecular complexity index is 872. The van der Waals surface area contributed by atoms with Gasteiger partial charge >= 0.3 is 0 Å². The molecule has 0 aliphatic heterocycles. The minimum atomic E-state index is -0.293. The number of nitrogens with one attached hydrogen (secondary N) is 2. The standard InChI is InChI=1S/C20H23N5O2/c1-14-11-21-12-16(23-14)18(27)25-20-7-4-6-19(13-20,8-9-20)24-17(26)15-5-2-3-10-22-15/h2-3,5,10-12H,4,6-9,13H2,1H3,(H,24,26)(H,25,27)/t19-,20+/m1/s1. The monoisotopic (exact) mass is 365 g/mol. The van der Waals surface area contributed by atoms with Crippen molar-refractivity contribution in [3.63, 3.8) is 0 Å². The highest BCUT2D eigenvalue weighted by atomic mass is 16.2. The molecule has 2 amide bonds. The van der Waals surface area contributed by atoms with E-state index in [0.717, 1.165) is 38.5 Å². The smallest absolute Gasteiger partial charge is 0.271 e. The van der Waals surface area contributed by atoms with Gasteiger partial charge < -0.3 is 10.6 Å². The summed E-state index contributed by atoms with van der Waals surface area (Å²) >= 11 is 0. The fourth-order valence-electron chi connectivity index (χ4n) is 4.51. The minimum Gasteiger partial charge on any atom is -0.345 e. The van der Waals surface area contributed by atoms with E-state index in [1.165, 1.54) is 6.20 Å². The van der Waals surface area contributed by atoms with Crippen LogP contribution in [0.5, 0.6) is 0 Å². The van der Waals surface area contributed by atoms with Crippen LogP contribution in [0.15, 0.2) is 36.8 Å². The molecule has 2 N–H and O–H groups in total. The minimum absolute atomic E-state index is 0.149. The summed E-state index contributed by atoms with van der Waals surface area (Å²) in [6.07, 6.45) is 9.98. The third-order valence-corrected chi connectivity index (χ3v) is 5.71. The maximum Gasteiger partial charge on any atom is 0.271 e. The maximum absolute atomic E-state index is 12.7. The van der Waals surface area contributed by atoms with Gasteiger partial charge in [-0.25, -0.2) is 4.98 Å². The van der Waals surface area contributed by atoms with Crippen molar-refractivity contribution in [2.45, 2.75) is 56.5 Å². The van der Waals surface area contributed by atoms with E-state index in [9.17, 15) is 9.59 Å². The van der Waals surface area contributed by atoms with E-state index in [0.29, 0.717) is 17.1 Å². The number of hydrogen-bond donors (Lipinski definition) is 2. The van der Waals surface area contributed by atoms with Crippen molar-refractivity contribution in [2.75, 3.05) is 0 Å². The lowest BCUT2D eigenvalue weighted by Gasteiger charge is -2.40. The summed E-state index contributed by atoms with van der Waals surface area (Å²) in [7, 11) is 0. The fraction of sp³-hybridized carbons (Fsp3) is 0.450. The van der Waals surface area contributed by atoms with Crippen LogP contribution in [-0.2, 0) is 0 Å². The van der Waals surface area contributed by atoms with Gasteiger partial charge in [0.15, 0.2) is 0 Å². The highest BCUT2D eigenvalue weighted by Gasteiger charge is 2.52. The average Bonchev–Trinajstić information content (AvgIpc) is 2.92. The van der Waals surface area contributed by atoms with E-state index >= 15 is 0 Å². The number of carbonyl (C=O) groups is 2. The summed E-state index contributed by atoms with van der Waals surface area (Å²) in [5, 5.41) is 6.40. The van der Waals surface area contributed by atoms with Crippen LogP contribution in [0.3, 0.4) is 0 Å². The maximum atomic E-state index is 12.7. The number of pyridine rings is 1. The average molecular weight is 365 g/mol. The number of hydrogen-bond acceptors (Lipinski definition) is 5. The molecule has 2 fully saturated rings. The SMILES string of the molecule is Cc1cncc(C(=O)N[C@@]23CCC[C@@](NC(=O)c4ccccn4)(CC2)C3)n1. The second-order valence-corrected chi connectivity index (χ2v) is 7.76. The molecule has 2 aromatic heterocycles. The van der Waals surface area contributed by atoms with E-state index in [1.807, 2.05) is 13.0 Å². The van der Waals surface area contributed by atoms with Crippen molar-refractivity contribution in [3.8, 4) is 0 Å². The molecular weight excluding hydrogens is 342 g/mol. The van der Waals surface area contributed by atoms with E-state index < -0.39 is 0 Å². The first kappa shape index (κ1) is 17.6. The topological polar surface area (TPSA) is 96.9 Å². The molecule has 7 nitrogen and oxygen atoms in total. The van der Waals surface area contributed by atoms with Gasteiger partial charge in [-0.15, -0.1) is 0 Å². The molecule has 0 unspecified atom stereocenters. The molecule has 2 heterocycles. The van der Waals surface area contributed by atoms with Crippen LogP contribution in [-0.4, -0.2) is 37.8 Å². The van der Waals surface area contributed by atoms with Crippen molar-refractivity contribution in [1.29, 1.82) is 0 Å². The second-order valence-electron chi connectivity index (χ2n) is 7.76. The zero-order chi connectivity index (χ0) is 18.9. The molecule has 140 valence electrons. The molecule has 0 radical (unpaired) electrons. The van der Waals surface area contributed by atoms with E-state index in [4.69, 9.17) is 0 Å². The Morgan fingerprint density at radius 3 is 2.30 bits per heavy atom.